The highest BCUT2D eigenvalue weighted by Crippen LogP contribution is 2.59. The molecule has 4 atom stereocenters. The topological polar surface area (TPSA) is 70.7 Å². The van der Waals surface area contributed by atoms with Gasteiger partial charge in [-0.2, -0.15) is 5.10 Å². The van der Waals surface area contributed by atoms with Gasteiger partial charge in [-0.25, -0.2) is 4.98 Å². The molecule has 1 fully saturated rings. The summed E-state index contributed by atoms with van der Waals surface area (Å²) >= 11 is 0. The molecule has 0 bridgehead atoms. The highest BCUT2D eigenvalue weighted by atomic mass is 16.2. The number of nitrogens with zero attached hydrogens (tertiary/aromatic N) is 2. The first kappa shape index (κ1) is 12.6. The molecule has 2 aliphatic carbocycles. The molecule has 21 heavy (non-hydrogen) atoms. The Kier molecular flexibility index (Phi) is 2.80. The van der Waals surface area contributed by atoms with Crippen molar-refractivity contribution in [3.8, 4) is 0 Å². The molecule has 4 unspecified atom stereocenters. The Labute approximate surface area is 123 Å². The Morgan fingerprint density at radius 2 is 2.29 bits per heavy atom. The molecule has 0 saturated heterocycles. The van der Waals surface area contributed by atoms with Crippen LogP contribution < -0.4 is 5.32 Å². The maximum Gasteiger partial charge on any atom is 0.224 e. The van der Waals surface area contributed by atoms with Gasteiger partial charge in [0.15, 0.2) is 0 Å². The van der Waals surface area contributed by atoms with Crippen molar-refractivity contribution in [3.63, 3.8) is 0 Å². The third-order valence-electron chi connectivity index (χ3n) is 4.84. The summed E-state index contributed by atoms with van der Waals surface area (Å²) in [6, 6.07) is 8.40. The van der Waals surface area contributed by atoms with E-state index >= 15 is 0 Å². The first-order valence-corrected chi connectivity index (χ1v) is 7.49. The fourth-order valence-electron chi connectivity index (χ4n) is 3.73. The van der Waals surface area contributed by atoms with Gasteiger partial charge in [-0.15, -0.1) is 0 Å². The third-order valence-corrected chi connectivity index (χ3v) is 4.84. The number of H-pyrrole nitrogens is 1. The number of aryl methyl sites for hydroxylation is 1. The van der Waals surface area contributed by atoms with Gasteiger partial charge in [-0.3, -0.25) is 9.89 Å². The van der Waals surface area contributed by atoms with Crippen molar-refractivity contribution in [2.45, 2.75) is 31.7 Å². The van der Waals surface area contributed by atoms with Crippen LogP contribution in [0.1, 0.15) is 42.3 Å². The van der Waals surface area contributed by atoms with Crippen LogP contribution in [0.15, 0.2) is 30.6 Å². The number of nitrogens with one attached hydrogen (secondary N) is 2. The van der Waals surface area contributed by atoms with E-state index in [1.54, 1.807) is 0 Å². The zero-order chi connectivity index (χ0) is 14.4. The van der Waals surface area contributed by atoms with Crippen molar-refractivity contribution in [1.29, 1.82) is 0 Å². The van der Waals surface area contributed by atoms with Crippen LogP contribution >= 0.6 is 0 Å². The molecule has 2 aromatic rings. The average Bonchev–Trinajstić information content (AvgIpc) is 2.99. The number of carbonyl (C=O) groups excluding carboxylic acids is 1. The quantitative estimate of drug-likeness (QED) is 0.904. The molecular formula is C16H18N4O. The summed E-state index contributed by atoms with van der Waals surface area (Å²) < 4.78 is 0. The fourth-order valence-corrected chi connectivity index (χ4v) is 3.73. The van der Waals surface area contributed by atoms with Crippen LogP contribution in [0, 0.1) is 11.8 Å². The molecule has 1 aromatic carbocycles. The van der Waals surface area contributed by atoms with E-state index in [1.807, 2.05) is 6.92 Å². The van der Waals surface area contributed by atoms with Crippen molar-refractivity contribution in [2.24, 2.45) is 11.8 Å². The summed E-state index contributed by atoms with van der Waals surface area (Å²) in [5.74, 6) is 1.90. The summed E-state index contributed by atoms with van der Waals surface area (Å²) in [6.07, 6.45) is 3.68. The summed E-state index contributed by atoms with van der Waals surface area (Å²) in [5, 5.41) is 9.69. The number of carbonyl (C=O) groups is 1. The number of aromatic amines is 1. The molecule has 5 nitrogen and oxygen atoms in total. The monoisotopic (exact) mass is 282 g/mol. The molecule has 108 valence electrons. The number of hydrogen-bond donors (Lipinski definition) is 2. The number of rotatable bonds is 3. The largest absolute Gasteiger partial charge is 0.346 e. The van der Waals surface area contributed by atoms with Crippen molar-refractivity contribution in [2.75, 3.05) is 0 Å². The predicted octanol–water partition coefficient (Wildman–Crippen LogP) is 1.96. The lowest BCUT2D eigenvalue weighted by Crippen LogP contribution is -2.29. The van der Waals surface area contributed by atoms with E-state index in [4.69, 9.17) is 0 Å². The number of hydrogen-bond acceptors (Lipinski definition) is 3. The van der Waals surface area contributed by atoms with Crippen LogP contribution in [0.25, 0.3) is 0 Å². The Morgan fingerprint density at radius 3 is 3.10 bits per heavy atom. The maximum atomic E-state index is 12.5. The molecular weight excluding hydrogens is 264 g/mol. The molecule has 1 heterocycles. The summed E-state index contributed by atoms with van der Waals surface area (Å²) in [6.45, 7) is 1.93. The van der Waals surface area contributed by atoms with Gasteiger partial charge in [0, 0.05) is 5.92 Å². The maximum absolute atomic E-state index is 12.5. The van der Waals surface area contributed by atoms with Gasteiger partial charge < -0.3 is 5.32 Å². The third kappa shape index (κ3) is 2.04. The predicted molar refractivity (Wildman–Crippen MR) is 77.4 cm³/mol. The van der Waals surface area contributed by atoms with Crippen LogP contribution in [0.3, 0.4) is 0 Å². The molecule has 1 aromatic heterocycles. The second-order valence-corrected chi connectivity index (χ2v) is 6.05. The number of benzene rings is 1. The average molecular weight is 282 g/mol. The van der Waals surface area contributed by atoms with Gasteiger partial charge >= 0.3 is 0 Å². The van der Waals surface area contributed by atoms with Gasteiger partial charge in [0.1, 0.15) is 12.2 Å². The zero-order valence-corrected chi connectivity index (χ0v) is 11.9. The van der Waals surface area contributed by atoms with E-state index in [0.717, 1.165) is 12.8 Å². The van der Waals surface area contributed by atoms with Crippen LogP contribution in [0.5, 0.6) is 0 Å². The minimum atomic E-state index is -0.127. The van der Waals surface area contributed by atoms with Gasteiger partial charge in [-0.1, -0.05) is 24.3 Å². The van der Waals surface area contributed by atoms with E-state index in [9.17, 15) is 4.79 Å². The normalized spacial score (nSPS) is 27.4. The Hall–Kier alpha value is -2.17. The minimum Gasteiger partial charge on any atom is -0.346 e. The molecule has 2 N–H and O–H groups in total. The van der Waals surface area contributed by atoms with Gasteiger partial charge in [-0.05, 0) is 42.7 Å². The van der Waals surface area contributed by atoms with E-state index in [0.29, 0.717) is 17.7 Å². The van der Waals surface area contributed by atoms with Crippen molar-refractivity contribution in [3.05, 3.63) is 47.5 Å². The molecule has 5 heteroatoms. The molecule has 1 saturated carbocycles. The van der Waals surface area contributed by atoms with Crippen LogP contribution in [0.4, 0.5) is 0 Å². The van der Waals surface area contributed by atoms with Crippen molar-refractivity contribution < 1.29 is 4.79 Å². The van der Waals surface area contributed by atoms with Crippen LogP contribution in [-0.2, 0) is 11.2 Å². The van der Waals surface area contributed by atoms with Crippen molar-refractivity contribution in [1.82, 2.24) is 20.5 Å². The smallest absolute Gasteiger partial charge is 0.224 e. The highest BCUT2D eigenvalue weighted by Gasteiger charge is 2.57. The zero-order valence-electron chi connectivity index (χ0n) is 11.9. The molecule has 1 amide bonds. The molecule has 2 aliphatic rings. The van der Waals surface area contributed by atoms with Crippen LogP contribution in [0.2, 0.25) is 0 Å². The van der Waals surface area contributed by atoms with E-state index in [-0.39, 0.29) is 17.9 Å². The second kappa shape index (κ2) is 4.69. The lowest BCUT2D eigenvalue weighted by atomic mass is 9.92. The van der Waals surface area contributed by atoms with Gasteiger partial charge in [0.05, 0.1) is 6.04 Å². The number of amides is 1. The summed E-state index contributed by atoms with van der Waals surface area (Å²) in [7, 11) is 0. The number of fused-ring (bicyclic) bond motifs is 3. The Bertz CT molecular complexity index is 667. The summed E-state index contributed by atoms with van der Waals surface area (Å²) in [5.41, 5.74) is 2.79. The lowest BCUT2D eigenvalue weighted by Gasteiger charge is -2.13. The number of aromatic nitrogens is 3. The van der Waals surface area contributed by atoms with Crippen LogP contribution in [-0.4, -0.2) is 21.1 Å². The summed E-state index contributed by atoms with van der Waals surface area (Å²) in [4.78, 5) is 16.6. The van der Waals surface area contributed by atoms with E-state index in [1.165, 1.54) is 17.5 Å². The fraction of sp³-hybridized carbons (Fsp3) is 0.438. The second-order valence-electron chi connectivity index (χ2n) is 6.05. The molecule has 0 aliphatic heterocycles. The Morgan fingerprint density at radius 1 is 1.43 bits per heavy atom. The molecule has 0 spiro atoms. The molecule has 4 rings (SSSR count). The van der Waals surface area contributed by atoms with E-state index < -0.39 is 0 Å². The molecule has 0 radical (unpaired) electrons. The Balaban J connectivity index is 1.48. The lowest BCUT2D eigenvalue weighted by molar-refractivity contribution is -0.123. The standard InChI is InChI=1S/C16H18N4O/c1-9(15-17-8-18-20-15)19-16(21)14-12-7-6-10-4-2-3-5-11(10)13(12)14/h2-5,8-9,12-14H,6-7H2,1H3,(H,19,21)(H,17,18,20). The van der Waals surface area contributed by atoms with E-state index in [2.05, 4.69) is 44.8 Å². The first-order chi connectivity index (χ1) is 10.3. The SMILES string of the molecule is CC(NC(=O)C1C2CCc3ccccc3C21)c1ncn[nH]1. The van der Waals surface area contributed by atoms with Gasteiger partial charge in [0.2, 0.25) is 5.91 Å². The minimum absolute atomic E-state index is 0.124. The highest BCUT2D eigenvalue weighted by molar-refractivity contribution is 5.84. The van der Waals surface area contributed by atoms with Crippen molar-refractivity contribution >= 4 is 5.91 Å². The van der Waals surface area contributed by atoms with Gasteiger partial charge in [0.25, 0.3) is 0 Å². The first-order valence-electron chi connectivity index (χ1n) is 7.49.